The highest BCUT2D eigenvalue weighted by molar-refractivity contribution is 5.94. The Morgan fingerprint density at radius 2 is 1.95 bits per heavy atom. The van der Waals surface area contributed by atoms with Gasteiger partial charge in [-0.3, -0.25) is 19.5 Å². The van der Waals surface area contributed by atoms with Crippen LogP contribution in [0.3, 0.4) is 0 Å². The van der Waals surface area contributed by atoms with Gasteiger partial charge in [0.05, 0.1) is 12.1 Å². The van der Waals surface area contributed by atoms with Crippen molar-refractivity contribution in [3.05, 3.63) is 29.6 Å². The predicted molar refractivity (Wildman–Crippen MR) is 80.0 cm³/mol. The van der Waals surface area contributed by atoms with Crippen molar-refractivity contribution in [1.82, 2.24) is 20.1 Å². The standard InChI is InChI=1S/C15H22N4O2/c1-3-16-14(20)11-18-6-8-19(9-7-18)15(21)13-5-4-12(2)17-10-13/h4-5,10H,3,6-9,11H2,1-2H3,(H,16,20). The molecule has 1 fully saturated rings. The Labute approximate surface area is 125 Å². The SMILES string of the molecule is CCNC(=O)CN1CCN(C(=O)c2ccc(C)nc2)CC1. The van der Waals surface area contributed by atoms with Crippen LogP contribution in [-0.2, 0) is 4.79 Å². The van der Waals surface area contributed by atoms with Gasteiger partial charge in [0.1, 0.15) is 0 Å². The number of likely N-dealkylation sites (N-methyl/N-ethyl adjacent to an activating group) is 1. The molecule has 21 heavy (non-hydrogen) atoms. The third-order valence-electron chi connectivity index (χ3n) is 3.56. The minimum Gasteiger partial charge on any atom is -0.355 e. The molecule has 0 saturated carbocycles. The molecule has 1 saturated heterocycles. The van der Waals surface area contributed by atoms with Gasteiger partial charge < -0.3 is 10.2 Å². The summed E-state index contributed by atoms with van der Waals surface area (Å²) in [6.07, 6.45) is 1.62. The molecular weight excluding hydrogens is 268 g/mol. The van der Waals surface area contributed by atoms with Crippen molar-refractivity contribution in [2.24, 2.45) is 0 Å². The van der Waals surface area contributed by atoms with Gasteiger partial charge in [-0.25, -0.2) is 0 Å². The summed E-state index contributed by atoms with van der Waals surface area (Å²) in [6, 6.07) is 3.66. The van der Waals surface area contributed by atoms with E-state index < -0.39 is 0 Å². The second-order valence-corrected chi connectivity index (χ2v) is 5.21. The van der Waals surface area contributed by atoms with Crippen LogP contribution in [0.25, 0.3) is 0 Å². The van der Waals surface area contributed by atoms with E-state index in [0.29, 0.717) is 31.7 Å². The highest BCUT2D eigenvalue weighted by Gasteiger charge is 2.23. The number of hydrogen-bond acceptors (Lipinski definition) is 4. The number of hydrogen-bond donors (Lipinski definition) is 1. The van der Waals surface area contributed by atoms with E-state index in [4.69, 9.17) is 0 Å². The van der Waals surface area contributed by atoms with Crippen molar-refractivity contribution in [2.45, 2.75) is 13.8 Å². The van der Waals surface area contributed by atoms with Gasteiger partial charge in [-0.15, -0.1) is 0 Å². The molecule has 1 aliphatic rings. The number of carbonyl (C=O) groups is 2. The minimum absolute atomic E-state index is 0.0140. The molecule has 2 amide bonds. The third-order valence-corrected chi connectivity index (χ3v) is 3.56. The number of nitrogens with zero attached hydrogens (tertiary/aromatic N) is 3. The predicted octanol–water partition coefficient (Wildman–Crippen LogP) is 0.284. The molecule has 0 spiro atoms. The molecule has 6 nitrogen and oxygen atoms in total. The van der Waals surface area contributed by atoms with Gasteiger partial charge in [0.15, 0.2) is 0 Å². The van der Waals surface area contributed by atoms with E-state index in [0.717, 1.165) is 18.8 Å². The summed E-state index contributed by atoms with van der Waals surface area (Å²) >= 11 is 0. The lowest BCUT2D eigenvalue weighted by Gasteiger charge is -2.34. The lowest BCUT2D eigenvalue weighted by molar-refractivity contribution is -0.122. The Balaban J connectivity index is 1.84. The summed E-state index contributed by atoms with van der Waals surface area (Å²) in [5, 5.41) is 2.79. The summed E-state index contributed by atoms with van der Waals surface area (Å²) in [5.74, 6) is 0.0557. The lowest BCUT2D eigenvalue weighted by Crippen LogP contribution is -2.51. The summed E-state index contributed by atoms with van der Waals surface area (Å²) < 4.78 is 0. The van der Waals surface area contributed by atoms with Gasteiger partial charge in [0, 0.05) is 44.6 Å². The zero-order chi connectivity index (χ0) is 15.2. The maximum Gasteiger partial charge on any atom is 0.255 e. The average molecular weight is 290 g/mol. The molecule has 0 unspecified atom stereocenters. The molecule has 0 radical (unpaired) electrons. The summed E-state index contributed by atoms with van der Waals surface area (Å²) in [6.45, 7) is 7.60. The van der Waals surface area contributed by atoms with Crippen LogP contribution in [-0.4, -0.2) is 65.9 Å². The van der Waals surface area contributed by atoms with Gasteiger partial charge in [-0.2, -0.15) is 0 Å². The monoisotopic (exact) mass is 290 g/mol. The van der Waals surface area contributed by atoms with Crippen molar-refractivity contribution >= 4 is 11.8 Å². The zero-order valence-electron chi connectivity index (χ0n) is 12.6. The normalized spacial score (nSPS) is 15.8. The second kappa shape index (κ2) is 7.17. The average Bonchev–Trinajstić information content (AvgIpc) is 2.48. The van der Waals surface area contributed by atoms with E-state index in [2.05, 4.69) is 15.2 Å². The minimum atomic E-state index is 0.0140. The lowest BCUT2D eigenvalue weighted by atomic mass is 10.2. The summed E-state index contributed by atoms with van der Waals surface area (Å²) in [4.78, 5) is 31.9. The molecule has 2 rings (SSSR count). The smallest absolute Gasteiger partial charge is 0.255 e. The van der Waals surface area contributed by atoms with Crippen molar-refractivity contribution in [3.8, 4) is 0 Å². The first kappa shape index (κ1) is 15.4. The Morgan fingerprint density at radius 3 is 2.52 bits per heavy atom. The summed E-state index contributed by atoms with van der Waals surface area (Å²) in [7, 11) is 0. The van der Waals surface area contributed by atoms with Crippen LogP contribution in [0.15, 0.2) is 18.3 Å². The third kappa shape index (κ3) is 4.26. The van der Waals surface area contributed by atoms with Crippen LogP contribution in [0.1, 0.15) is 23.0 Å². The quantitative estimate of drug-likeness (QED) is 0.865. The van der Waals surface area contributed by atoms with Crippen LogP contribution in [0.2, 0.25) is 0 Å². The molecule has 0 aromatic carbocycles. The molecule has 1 aliphatic heterocycles. The fraction of sp³-hybridized carbons (Fsp3) is 0.533. The van der Waals surface area contributed by atoms with Crippen LogP contribution in [0, 0.1) is 6.92 Å². The van der Waals surface area contributed by atoms with E-state index in [9.17, 15) is 9.59 Å². The van der Waals surface area contributed by atoms with Gasteiger partial charge in [0.25, 0.3) is 5.91 Å². The maximum atomic E-state index is 12.3. The van der Waals surface area contributed by atoms with Crippen molar-refractivity contribution in [2.75, 3.05) is 39.3 Å². The Bertz CT molecular complexity index is 493. The Kier molecular flexibility index (Phi) is 5.27. The van der Waals surface area contributed by atoms with E-state index in [1.54, 1.807) is 6.20 Å². The van der Waals surface area contributed by atoms with Gasteiger partial charge in [-0.1, -0.05) is 0 Å². The zero-order valence-corrected chi connectivity index (χ0v) is 12.6. The largest absolute Gasteiger partial charge is 0.355 e. The first-order valence-corrected chi connectivity index (χ1v) is 7.31. The summed E-state index contributed by atoms with van der Waals surface area (Å²) in [5.41, 5.74) is 1.52. The maximum absolute atomic E-state index is 12.3. The fourth-order valence-electron chi connectivity index (χ4n) is 2.34. The van der Waals surface area contributed by atoms with Gasteiger partial charge >= 0.3 is 0 Å². The number of carbonyl (C=O) groups excluding carboxylic acids is 2. The van der Waals surface area contributed by atoms with Crippen molar-refractivity contribution in [3.63, 3.8) is 0 Å². The first-order chi connectivity index (χ1) is 10.1. The second-order valence-electron chi connectivity index (χ2n) is 5.21. The van der Waals surface area contributed by atoms with E-state index in [1.165, 1.54) is 0 Å². The van der Waals surface area contributed by atoms with Crippen molar-refractivity contribution < 1.29 is 9.59 Å². The molecule has 6 heteroatoms. The number of aromatic nitrogens is 1. The topological polar surface area (TPSA) is 65.5 Å². The molecule has 0 bridgehead atoms. The number of rotatable bonds is 4. The number of amides is 2. The fourth-order valence-corrected chi connectivity index (χ4v) is 2.34. The number of pyridine rings is 1. The van der Waals surface area contributed by atoms with Gasteiger partial charge in [-0.05, 0) is 26.0 Å². The van der Waals surface area contributed by atoms with Crippen molar-refractivity contribution in [1.29, 1.82) is 0 Å². The molecule has 0 aliphatic carbocycles. The van der Waals surface area contributed by atoms with Gasteiger partial charge in [0.2, 0.25) is 5.91 Å². The first-order valence-electron chi connectivity index (χ1n) is 7.31. The van der Waals surface area contributed by atoms with Crippen LogP contribution >= 0.6 is 0 Å². The van der Waals surface area contributed by atoms with E-state index in [-0.39, 0.29) is 11.8 Å². The molecule has 1 aromatic heterocycles. The molecule has 1 aromatic rings. The number of piperazine rings is 1. The van der Waals surface area contributed by atoms with E-state index in [1.807, 2.05) is 30.9 Å². The molecule has 2 heterocycles. The van der Waals surface area contributed by atoms with Crippen LogP contribution < -0.4 is 5.32 Å². The van der Waals surface area contributed by atoms with E-state index >= 15 is 0 Å². The highest BCUT2D eigenvalue weighted by atomic mass is 16.2. The van der Waals surface area contributed by atoms with Crippen LogP contribution in [0.4, 0.5) is 0 Å². The molecule has 0 atom stereocenters. The Hall–Kier alpha value is -1.95. The molecule has 114 valence electrons. The Morgan fingerprint density at radius 1 is 1.24 bits per heavy atom. The highest BCUT2D eigenvalue weighted by Crippen LogP contribution is 2.08. The number of nitrogens with one attached hydrogen (secondary N) is 1. The molecular formula is C15H22N4O2. The van der Waals surface area contributed by atoms with Crippen LogP contribution in [0.5, 0.6) is 0 Å². The number of aryl methyl sites for hydroxylation is 1. The molecule has 1 N–H and O–H groups in total.